The number of hydrogen-bond acceptors (Lipinski definition) is 3. The van der Waals surface area contributed by atoms with Gasteiger partial charge in [-0.3, -0.25) is 14.7 Å². The average Bonchev–Trinajstić information content (AvgIpc) is 2.57. The topological polar surface area (TPSA) is 36.4 Å². The lowest BCUT2D eigenvalue weighted by molar-refractivity contribution is -0.132. The zero-order valence-electron chi connectivity index (χ0n) is 13.1. The monoisotopic (exact) mass is 331 g/mol. The molecular weight excluding hydrogens is 310 g/mol. The van der Waals surface area contributed by atoms with E-state index in [0.717, 1.165) is 44.0 Å². The molecule has 0 unspecified atom stereocenters. The number of aromatic nitrogens is 1. The van der Waals surface area contributed by atoms with Crippen LogP contribution in [0, 0.1) is 0 Å². The van der Waals surface area contributed by atoms with Gasteiger partial charge in [-0.25, -0.2) is 0 Å². The van der Waals surface area contributed by atoms with Gasteiger partial charge in [-0.15, -0.1) is 12.4 Å². The Kier molecular flexibility index (Phi) is 6.56. The summed E-state index contributed by atoms with van der Waals surface area (Å²) in [5, 5.41) is 0. The molecule has 122 valence electrons. The molecule has 0 radical (unpaired) electrons. The largest absolute Gasteiger partial charge is 0.340 e. The van der Waals surface area contributed by atoms with E-state index in [1.165, 1.54) is 0 Å². The third-order valence-electron chi connectivity index (χ3n) is 4.03. The molecule has 3 rings (SSSR count). The van der Waals surface area contributed by atoms with Gasteiger partial charge in [0.2, 0.25) is 5.91 Å². The van der Waals surface area contributed by atoms with Crippen molar-refractivity contribution in [1.29, 1.82) is 0 Å². The lowest BCUT2D eigenvalue weighted by atomic mass is 10.1. The van der Waals surface area contributed by atoms with Crippen LogP contribution in [0.1, 0.15) is 11.3 Å². The van der Waals surface area contributed by atoms with Gasteiger partial charge in [-0.05, 0) is 17.7 Å². The van der Waals surface area contributed by atoms with Gasteiger partial charge in [0.05, 0.1) is 12.1 Å². The molecule has 0 aliphatic carbocycles. The Labute approximate surface area is 143 Å². The molecule has 0 atom stereocenters. The van der Waals surface area contributed by atoms with E-state index in [1.807, 2.05) is 59.6 Å². The van der Waals surface area contributed by atoms with Gasteiger partial charge in [0.1, 0.15) is 0 Å². The SMILES string of the molecule is Cl.O=C(Cc1ccccc1)N1CCN(Cc2ccccn2)CC1. The smallest absolute Gasteiger partial charge is 0.227 e. The first-order chi connectivity index (χ1) is 10.8. The quantitative estimate of drug-likeness (QED) is 0.863. The van der Waals surface area contributed by atoms with Crippen molar-refractivity contribution in [3.63, 3.8) is 0 Å². The molecule has 1 aromatic carbocycles. The van der Waals surface area contributed by atoms with Crippen molar-refractivity contribution in [2.75, 3.05) is 26.2 Å². The van der Waals surface area contributed by atoms with Crippen molar-refractivity contribution in [3.8, 4) is 0 Å². The molecule has 1 saturated heterocycles. The molecule has 2 heterocycles. The second-order valence-corrected chi connectivity index (χ2v) is 5.64. The molecule has 4 nitrogen and oxygen atoms in total. The number of nitrogens with zero attached hydrogens (tertiary/aromatic N) is 3. The van der Waals surface area contributed by atoms with Crippen LogP contribution >= 0.6 is 12.4 Å². The number of rotatable bonds is 4. The van der Waals surface area contributed by atoms with Crippen LogP contribution in [0.5, 0.6) is 0 Å². The molecule has 1 amide bonds. The number of pyridine rings is 1. The summed E-state index contributed by atoms with van der Waals surface area (Å²) in [6.07, 6.45) is 2.33. The van der Waals surface area contributed by atoms with Crippen LogP contribution in [0.3, 0.4) is 0 Å². The summed E-state index contributed by atoms with van der Waals surface area (Å²) < 4.78 is 0. The van der Waals surface area contributed by atoms with E-state index in [1.54, 1.807) is 0 Å². The molecule has 0 saturated carbocycles. The molecule has 1 aliphatic heterocycles. The zero-order chi connectivity index (χ0) is 15.2. The van der Waals surface area contributed by atoms with Crippen LogP contribution in [0.15, 0.2) is 54.7 Å². The number of halogens is 1. The number of benzene rings is 1. The molecule has 1 fully saturated rings. The van der Waals surface area contributed by atoms with Crippen LogP contribution in [0.25, 0.3) is 0 Å². The summed E-state index contributed by atoms with van der Waals surface area (Å²) in [5.74, 6) is 0.226. The maximum Gasteiger partial charge on any atom is 0.227 e. The van der Waals surface area contributed by atoms with Crippen LogP contribution in [0.2, 0.25) is 0 Å². The van der Waals surface area contributed by atoms with Gasteiger partial charge in [0.15, 0.2) is 0 Å². The Hall–Kier alpha value is -1.91. The number of amides is 1. The molecular formula is C18H22ClN3O. The number of hydrogen-bond donors (Lipinski definition) is 0. The van der Waals surface area contributed by atoms with E-state index < -0.39 is 0 Å². The minimum absolute atomic E-state index is 0. The third-order valence-corrected chi connectivity index (χ3v) is 4.03. The normalized spacial score (nSPS) is 15.0. The highest BCUT2D eigenvalue weighted by atomic mass is 35.5. The molecule has 0 bridgehead atoms. The molecule has 0 spiro atoms. The highest BCUT2D eigenvalue weighted by molar-refractivity contribution is 5.85. The van der Waals surface area contributed by atoms with Gasteiger partial charge < -0.3 is 4.90 Å². The summed E-state index contributed by atoms with van der Waals surface area (Å²) in [5.41, 5.74) is 2.18. The van der Waals surface area contributed by atoms with Crippen LogP contribution in [0.4, 0.5) is 0 Å². The first-order valence-corrected chi connectivity index (χ1v) is 7.75. The first-order valence-electron chi connectivity index (χ1n) is 7.75. The predicted molar refractivity (Wildman–Crippen MR) is 93.5 cm³/mol. The number of carbonyl (C=O) groups is 1. The Morgan fingerprint density at radius 1 is 0.957 bits per heavy atom. The predicted octanol–water partition coefficient (Wildman–Crippen LogP) is 2.39. The van der Waals surface area contributed by atoms with Gasteiger partial charge >= 0.3 is 0 Å². The van der Waals surface area contributed by atoms with Crippen molar-refractivity contribution in [2.45, 2.75) is 13.0 Å². The second kappa shape index (κ2) is 8.65. The Bertz CT molecular complexity index is 598. The highest BCUT2D eigenvalue weighted by Gasteiger charge is 2.21. The van der Waals surface area contributed by atoms with Crippen LogP contribution in [-0.2, 0) is 17.8 Å². The fourth-order valence-electron chi connectivity index (χ4n) is 2.76. The zero-order valence-corrected chi connectivity index (χ0v) is 13.9. The van der Waals surface area contributed by atoms with Crippen molar-refractivity contribution in [3.05, 3.63) is 66.0 Å². The number of piperazine rings is 1. The third kappa shape index (κ3) is 5.05. The van der Waals surface area contributed by atoms with E-state index in [-0.39, 0.29) is 18.3 Å². The summed E-state index contributed by atoms with van der Waals surface area (Å²) in [4.78, 5) is 21.0. The molecule has 1 aliphatic rings. The molecule has 5 heteroatoms. The molecule has 1 aromatic heterocycles. The fraction of sp³-hybridized carbons (Fsp3) is 0.333. The minimum Gasteiger partial charge on any atom is -0.340 e. The summed E-state index contributed by atoms with van der Waals surface area (Å²) in [7, 11) is 0. The molecule has 23 heavy (non-hydrogen) atoms. The number of carbonyl (C=O) groups excluding carboxylic acids is 1. The average molecular weight is 332 g/mol. The Balaban J connectivity index is 0.00000192. The van der Waals surface area contributed by atoms with E-state index in [0.29, 0.717) is 6.42 Å². The van der Waals surface area contributed by atoms with Gasteiger partial charge in [0, 0.05) is 38.9 Å². The van der Waals surface area contributed by atoms with Gasteiger partial charge in [-0.2, -0.15) is 0 Å². The summed E-state index contributed by atoms with van der Waals surface area (Å²) >= 11 is 0. The maximum absolute atomic E-state index is 12.3. The van der Waals surface area contributed by atoms with Crippen LogP contribution < -0.4 is 0 Å². The van der Waals surface area contributed by atoms with Crippen LogP contribution in [-0.4, -0.2) is 46.9 Å². The first kappa shape index (κ1) is 17.4. The summed E-state index contributed by atoms with van der Waals surface area (Å²) in [6, 6.07) is 16.0. The van der Waals surface area contributed by atoms with E-state index in [9.17, 15) is 4.79 Å². The lowest BCUT2D eigenvalue weighted by Gasteiger charge is -2.34. The van der Waals surface area contributed by atoms with Crippen molar-refractivity contribution in [1.82, 2.24) is 14.8 Å². The van der Waals surface area contributed by atoms with Crippen molar-refractivity contribution < 1.29 is 4.79 Å². The molecule has 0 N–H and O–H groups in total. The lowest BCUT2D eigenvalue weighted by Crippen LogP contribution is -2.48. The van der Waals surface area contributed by atoms with E-state index in [4.69, 9.17) is 0 Å². The Morgan fingerprint density at radius 3 is 2.30 bits per heavy atom. The van der Waals surface area contributed by atoms with E-state index >= 15 is 0 Å². The summed E-state index contributed by atoms with van der Waals surface area (Å²) in [6.45, 7) is 4.30. The van der Waals surface area contributed by atoms with Crippen molar-refractivity contribution >= 4 is 18.3 Å². The van der Waals surface area contributed by atoms with Gasteiger partial charge in [-0.1, -0.05) is 36.4 Å². The van der Waals surface area contributed by atoms with Crippen molar-refractivity contribution in [2.24, 2.45) is 0 Å². The van der Waals surface area contributed by atoms with Gasteiger partial charge in [0.25, 0.3) is 0 Å². The molecule has 2 aromatic rings. The highest BCUT2D eigenvalue weighted by Crippen LogP contribution is 2.09. The Morgan fingerprint density at radius 2 is 1.65 bits per heavy atom. The standard InChI is InChI=1S/C18H21N3O.ClH/c22-18(14-16-6-2-1-3-7-16)21-12-10-20(11-13-21)15-17-8-4-5-9-19-17;/h1-9H,10-15H2;1H. The maximum atomic E-state index is 12.3. The minimum atomic E-state index is 0. The second-order valence-electron chi connectivity index (χ2n) is 5.64. The fourth-order valence-corrected chi connectivity index (χ4v) is 2.76. The van der Waals surface area contributed by atoms with E-state index in [2.05, 4.69) is 9.88 Å².